The summed E-state index contributed by atoms with van der Waals surface area (Å²) in [6.45, 7) is 3.18. The van der Waals surface area contributed by atoms with Crippen molar-refractivity contribution in [2.75, 3.05) is 6.54 Å². The molecule has 0 radical (unpaired) electrons. The average Bonchev–Trinajstić information content (AvgIpc) is 2.92. The second-order valence-electron chi connectivity index (χ2n) is 4.93. The van der Waals surface area contributed by atoms with Crippen molar-refractivity contribution in [2.24, 2.45) is 0 Å². The second kappa shape index (κ2) is 7.91. The summed E-state index contributed by atoms with van der Waals surface area (Å²) in [5.41, 5.74) is 2.51. The molecule has 2 aromatic rings. The van der Waals surface area contributed by atoms with Gasteiger partial charge >= 0.3 is 0 Å². The van der Waals surface area contributed by atoms with Gasteiger partial charge in [0.05, 0.1) is 0 Å². The lowest BCUT2D eigenvalue weighted by molar-refractivity contribution is 0.504. The molecule has 0 fully saturated rings. The van der Waals surface area contributed by atoms with Crippen LogP contribution in [0.25, 0.3) is 0 Å². The summed E-state index contributed by atoms with van der Waals surface area (Å²) in [6.07, 6.45) is 3.02. The summed E-state index contributed by atoms with van der Waals surface area (Å²) in [7, 11) is 0. The zero-order chi connectivity index (χ0) is 14.4. The highest BCUT2D eigenvalue weighted by atomic mass is 79.9. The first kappa shape index (κ1) is 15.7. The Morgan fingerprint density at radius 1 is 1.30 bits per heavy atom. The molecule has 0 amide bonds. The van der Waals surface area contributed by atoms with E-state index in [1.165, 1.54) is 17.7 Å². The van der Waals surface area contributed by atoms with Crippen molar-refractivity contribution in [3.8, 4) is 0 Å². The quantitative estimate of drug-likeness (QED) is 0.751. The molecule has 0 saturated carbocycles. The topological polar surface area (TPSA) is 12.0 Å². The van der Waals surface area contributed by atoms with E-state index in [0.717, 1.165) is 35.8 Å². The maximum atomic E-state index is 13.1. The van der Waals surface area contributed by atoms with Crippen LogP contribution in [0.5, 0.6) is 0 Å². The largest absolute Gasteiger partial charge is 0.313 e. The van der Waals surface area contributed by atoms with Crippen molar-refractivity contribution in [1.29, 1.82) is 0 Å². The van der Waals surface area contributed by atoms with Crippen LogP contribution in [0.4, 0.5) is 4.39 Å². The molecule has 2 rings (SSSR count). The summed E-state index contributed by atoms with van der Waals surface area (Å²) in [6, 6.07) is 7.49. The molecule has 1 aromatic carbocycles. The van der Waals surface area contributed by atoms with E-state index in [1.807, 2.05) is 6.07 Å². The Labute approximate surface area is 132 Å². The van der Waals surface area contributed by atoms with Gasteiger partial charge in [0, 0.05) is 10.5 Å². The number of benzene rings is 1. The lowest BCUT2D eigenvalue weighted by Gasteiger charge is -2.19. The fraction of sp³-hybridized carbons (Fsp3) is 0.375. The van der Waals surface area contributed by atoms with Gasteiger partial charge in [-0.2, -0.15) is 11.3 Å². The van der Waals surface area contributed by atoms with Crippen LogP contribution in [0.3, 0.4) is 0 Å². The molecule has 0 aliphatic rings. The van der Waals surface area contributed by atoms with Crippen LogP contribution in [0.1, 0.15) is 24.5 Å². The van der Waals surface area contributed by atoms with Crippen molar-refractivity contribution >= 4 is 27.3 Å². The Morgan fingerprint density at radius 2 is 2.15 bits per heavy atom. The first-order valence-corrected chi connectivity index (χ1v) is 8.61. The second-order valence-corrected chi connectivity index (χ2v) is 6.56. The van der Waals surface area contributed by atoms with Gasteiger partial charge in [-0.3, -0.25) is 0 Å². The van der Waals surface area contributed by atoms with Gasteiger partial charge in [-0.15, -0.1) is 0 Å². The summed E-state index contributed by atoms with van der Waals surface area (Å²) < 4.78 is 14.0. The zero-order valence-corrected chi connectivity index (χ0v) is 13.9. The molecule has 0 saturated heterocycles. The predicted octanol–water partition coefficient (Wildman–Crippen LogP) is 4.80. The Balaban J connectivity index is 2.06. The van der Waals surface area contributed by atoms with Crippen LogP contribution in [0.2, 0.25) is 0 Å². The minimum absolute atomic E-state index is 0.198. The molecule has 0 aliphatic carbocycles. The van der Waals surface area contributed by atoms with E-state index in [9.17, 15) is 4.39 Å². The normalized spacial score (nSPS) is 12.6. The first-order valence-electron chi connectivity index (χ1n) is 6.87. The van der Waals surface area contributed by atoms with Gasteiger partial charge < -0.3 is 5.32 Å². The highest BCUT2D eigenvalue weighted by Gasteiger charge is 2.12. The van der Waals surface area contributed by atoms with Crippen LogP contribution < -0.4 is 5.32 Å². The summed E-state index contributed by atoms with van der Waals surface area (Å²) in [5, 5.41) is 7.89. The summed E-state index contributed by atoms with van der Waals surface area (Å²) >= 11 is 5.19. The van der Waals surface area contributed by atoms with Gasteiger partial charge in [0.2, 0.25) is 0 Å². The summed E-state index contributed by atoms with van der Waals surface area (Å²) in [5.74, 6) is -0.198. The molecule has 1 unspecified atom stereocenters. The van der Waals surface area contributed by atoms with Crippen molar-refractivity contribution in [2.45, 2.75) is 32.2 Å². The molecule has 4 heteroatoms. The Bertz CT molecular complexity index is 527. The maximum absolute atomic E-state index is 13.1. The first-order chi connectivity index (χ1) is 9.69. The van der Waals surface area contributed by atoms with Gasteiger partial charge in [0.1, 0.15) is 5.82 Å². The van der Waals surface area contributed by atoms with Crippen LogP contribution >= 0.6 is 27.3 Å². The third-order valence-electron chi connectivity index (χ3n) is 3.23. The standard InChI is InChI=1S/C16H19BrFNS/c1-2-6-19-15(8-12-5-7-20-11-12)9-13-3-4-14(18)10-16(13)17/h3-5,7,10-11,15,19H,2,6,8-9H2,1H3. The molecular formula is C16H19BrFNS. The van der Waals surface area contributed by atoms with E-state index >= 15 is 0 Å². The third kappa shape index (κ3) is 4.69. The maximum Gasteiger partial charge on any atom is 0.124 e. The SMILES string of the molecule is CCCNC(Cc1ccsc1)Cc1ccc(F)cc1Br. The van der Waals surface area contributed by atoms with Crippen LogP contribution in [0, 0.1) is 5.82 Å². The van der Waals surface area contributed by atoms with E-state index in [2.05, 4.69) is 45.0 Å². The minimum atomic E-state index is -0.198. The average molecular weight is 356 g/mol. The Hall–Kier alpha value is -0.710. The van der Waals surface area contributed by atoms with Crippen molar-refractivity contribution in [3.63, 3.8) is 0 Å². The molecule has 108 valence electrons. The Kier molecular flexibility index (Phi) is 6.20. The molecule has 1 aromatic heterocycles. The summed E-state index contributed by atoms with van der Waals surface area (Å²) in [4.78, 5) is 0. The zero-order valence-electron chi connectivity index (χ0n) is 11.5. The van der Waals surface area contributed by atoms with Crippen LogP contribution in [-0.2, 0) is 12.8 Å². The van der Waals surface area contributed by atoms with Gasteiger partial charge in [-0.1, -0.05) is 28.9 Å². The molecule has 0 spiro atoms. The molecule has 20 heavy (non-hydrogen) atoms. The number of hydrogen-bond acceptors (Lipinski definition) is 2. The lowest BCUT2D eigenvalue weighted by Crippen LogP contribution is -2.33. The highest BCUT2D eigenvalue weighted by molar-refractivity contribution is 9.10. The number of nitrogens with one attached hydrogen (secondary N) is 1. The molecule has 1 atom stereocenters. The van der Waals surface area contributed by atoms with Gasteiger partial charge in [0.15, 0.2) is 0 Å². The third-order valence-corrected chi connectivity index (χ3v) is 4.70. The fourth-order valence-corrected chi connectivity index (χ4v) is 3.41. The lowest BCUT2D eigenvalue weighted by atomic mass is 10.0. The van der Waals surface area contributed by atoms with Crippen molar-refractivity contribution < 1.29 is 4.39 Å². The van der Waals surface area contributed by atoms with E-state index < -0.39 is 0 Å². The number of halogens is 2. The number of rotatable bonds is 7. The molecule has 0 aliphatic heterocycles. The Morgan fingerprint density at radius 3 is 2.80 bits per heavy atom. The van der Waals surface area contributed by atoms with Gasteiger partial charge in [-0.25, -0.2) is 4.39 Å². The minimum Gasteiger partial charge on any atom is -0.313 e. The van der Waals surface area contributed by atoms with Crippen molar-refractivity contribution in [1.82, 2.24) is 5.32 Å². The highest BCUT2D eigenvalue weighted by Crippen LogP contribution is 2.21. The molecule has 1 nitrogen and oxygen atoms in total. The van der Waals surface area contributed by atoms with E-state index in [4.69, 9.17) is 0 Å². The predicted molar refractivity (Wildman–Crippen MR) is 87.9 cm³/mol. The molecule has 0 bridgehead atoms. The van der Waals surface area contributed by atoms with Gasteiger partial charge in [0.25, 0.3) is 0 Å². The molecule has 1 N–H and O–H groups in total. The van der Waals surface area contributed by atoms with E-state index in [-0.39, 0.29) is 5.82 Å². The van der Waals surface area contributed by atoms with Crippen LogP contribution in [-0.4, -0.2) is 12.6 Å². The van der Waals surface area contributed by atoms with Gasteiger partial charge in [-0.05, 0) is 65.9 Å². The molecule has 1 heterocycles. The fourth-order valence-electron chi connectivity index (χ4n) is 2.21. The van der Waals surface area contributed by atoms with Crippen molar-refractivity contribution in [3.05, 3.63) is 56.4 Å². The number of thiophene rings is 1. The van der Waals surface area contributed by atoms with E-state index in [0.29, 0.717) is 6.04 Å². The van der Waals surface area contributed by atoms with E-state index in [1.54, 1.807) is 11.3 Å². The monoisotopic (exact) mass is 355 g/mol. The molecular weight excluding hydrogens is 337 g/mol. The van der Waals surface area contributed by atoms with Crippen LogP contribution in [0.15, 0.2) is 39.5 Å². The smallest absolute Gasteiger partial charge is 0.124 e. The number of hydrogen-bond donors (Lipinski definition) is 1.